The third-order valence-electron chi connectivity index (χ3n) is 2.91. The molecule has 1 N–H and O–H groups in total. The average Bonchev–Trinajstić information content (AvgIpc) is 2.63. The Morgan fingerprint density at radius 1 is 1.57 bits per heavy atom. The van der Waals surface area contributed by atoms with E-state index in [0.29, 0.717) is 18.5 Å². The molecule has 0 bridgehead atoms. The monoisotopic (exact) mass is 199 g/mol. The van der Waals surface area contributed by atoms with E-state index in [9.17, 15) is 4.79 Å². The van der Waals surface area contributed by atoms with Crippen LogP contribution in [-0.2, 0) is 9.63 Å². The zero-order chi connectivity index (χ0) is 10.1. The first-order valence-corrected chi connectivity index (χ1v) is 4.96. The van der Waals surface area contributed by atoms with Gasteiger partial charge in [-0.3, -0.25) is 9.69 Å². The van der Waals surface area contributed by atoms with Gasteiger partial charge in [-0.2, -0.15) is 5.48 Å². The van der Waals surface area contributed by atoms with E-state index in [-0.39, 0.29) is 5.91 Å². The number of fused-ring (bicyclic) bond motifs is 1. The predicted molar refractivity (Wildman–Crippen MR) is 51.5 cm³/mol. The lowest BCUT2D eigenvalue weighted by Gasteiger charge is -2.18. The van der Waals surface area contributed by atoms with Gasteiger partial charge in [-0.05, 0) is 0 Å². The molecule has 0 spiro atoms. The van der Waals surface area contributed by atoms with E-state index < -0.39 is 0 Å². The highest BCUT2D eigenvalue weighted by Gasteiger charge is 2.37. The Kier molecular flexibility index (Phi) is 2.71. The highest BCUT2D eigenvalue weighted by atomic mass is 16.7. The van der Waals surface area contributed by atoms with Crippen molar-refractivity contribution in [3.63, 3.8) is 0 Å². The summed E-state index contributed by atoms with van der Waals surface area (Å²) in [6.07, 6.45) is 0. The standard InChI is InChI=1S/C9H17N3O2/c1-11(2)9(13)5-12-3-7-6-14-10-8(7)4-12/h7-8,10H,3-6H2,1-2H3/t7-,8+/m0/s1. The fourth-order valence-electron chi connectivity index (χ4n) is 1.99. The van der Waals surface area contributed by atoms with E-state index in [1.165, 1.54) is 0 Å². The highest BCUT2D eigenvalue weighted by Crippen LogP contribution is 2.21. The minimum absolute atomic E-state index is 0.172. The van der Waals surface area contributed by atoms with Crippen molar-refractivity contribution in [1.82, 2.24) is 15.3 Å². The van der Waals surface area contributed by atoms with E-state index in [2.05, 4.69) is 10.4 Å². The van der Waals surface area contributed by atoms with E-state index in [0.717, 1.165) is 19.7 Å². The zero-order valence-electron chi connectivity index (χ0n) is 8.69. The van der Waals surface area contributed by atoms with Gasteiger partial charge in [0, 0.05) is 33.1 Å². The number of hydrogen-bond acceptors (Lipinski definition) is 4. The molecule has 2 fully saturated rings. The van der Waals surface area contributed by atoms with Crippen molar-refractivity contribution in [3.05, 3.63) is 0 Å². The maximum absolute atomic E-state index is 11.5. The lowest BCUT2D eigenvalue weighted by atomic mass is 10.1. The molecule has 80 valence electrons. The van der Waals surface area contributed by atoms with Gasteiger partial charge < -0.3 is 9.74 Å². The summed E-state index contributed by atoms with van der Waals surface area (Å²) >= 11 is 0. The minimum Gasteiger partial charge on any atom is -0.348 e. The summed E-state index contributed by atoms with van der Waals surface area (Å²) in [5.74, 6) is 0.732. The van der Waals surface area contributed by atoms with Crippen molar-refractivity contribution in [2.45, 2.75) is 6.04 Å². The molecule has 0 aliphatic carbocycles. The third kappa shape index (κ3) is 1.89. The van der Waals surface area contributed by atoms with Crippen molar-refractivity contribution in [2.75, 3.05) is 40.3 Å². The molecule has 2 aliphatic rings. The lowest BCUT2D eigenvalue weighted by molar-refractivity contribution is -0.129. The molecule has 1 amide bonds. The summed E-state index contributed by atoms with van der Waals surface area (Å²) in [6, 6.07) is 0.421. The topological polar surface area (TPSA) is 44.8 Å². The second-order valence-electron chi connectivity index (χ2n) is 4.28. The van der Waals surface area contributed by atoms with Crippen molar-refractivity contribution in [3.8, 4) is 0 Å². The molecule has 2 rings (SSSR count). The first-order chi connectivity index (χ1) is 6.66. The average molecular weight is 199 g/mol. The van der Waals surface area contributed by atoms with Gasteiger partial charge in [0.25, 0.3) is 0 Å². The Hall–Kier alpha value is -0.650. The molecular weight excluding hydrogens is 182 g/mol. The summed E-state index contributed by atoms with van der Waals surface area (Å²) in [4.78, 5) is 20.4. The number of nitrogens with one attached hydrogen (secondary N) is 1. The molecule has 2 heterocycles. The Morgan fingerprint density at radius 3 is 3.00 bits per heavy atom. The maximum atomic E-state index is 11.5. The van der Waals surface area contributed by atoms with Crippen LogP contribution in [0.1, 0.15) is 0 Å². The van der Waals surface area contributed by atoms with E-state index in [4.69, 9.17) is 4.84 Å². The Balaban J connectivity index is 1.82. The van der Waals surface area contributed by atoms with Crippen LogP contribution < -0.4 is 5.48 Å². The number of hydrogen-bond donors (Lipinski definition) is 1. The number of likely N-dealkylation sites (N-methyl/N-ethyl adjacent to an activating group) is 1. The Morgan fingerprint density at radius 2 is 2.36 bits per heavy atom. The van der Waals surface area contributed by atoms with Gasteiger partial charge in [-0.25, -0.2) is 0 Å². The SMILES string of the molecule is CN(C)C(=O)CN1C[C@H]2CON[C@@H]2C1. The van der Waals surface area contributed by atoms with E-state index >= 15 is 0 Å². The number of hydroxylamine groups is 1. The van der Waals surface area contributed by atoms with Crippen LogP contribution in [0.2, 0.25) is 0 Å². The number of carbonyl (C=O) groups excluding carboxylic acids is 1. The molecule has 0 aromatic heterocycles. The molecule has 5 heteroatoms. The van der Waals surface area contributed by atoms with Gasteiger partial charge in [0.05, 0.1) is 19.2 Å². The summed E-state index contributed by atoms with van der Waals surface area (Å²) in [6.45, 7) is 3.19. The fourth-order valence-corrected chi connectivity index (χ4v) is 1.99. The van der Waals surface area contributed by atoms with Gasteiger partial charge in [0.15, 0.2) is 0 Å². The Labute approximate surface area is 83.9 Å². The smallest absolute Gasteiger partial charge is 0.236 e. The third-order valence-corrected chi connectivity index (χ3v) is 2.91. The molecule has 0 aromatic rings. The van der Waals surface area contributed by atoms with Crippen molar-refractivity contribution >= 4 is 5.91 Å². The summed E-state index contributed by atoms with van der Waals surface area (Å²) in [5.41, 5.74) is 2.98. The van der Waals surface area contributed by atoms with Gasteiger partial charge in [-0.15, -0.1) is 0 Å². The van der Waals surface area contributed by atoms with Crippen LogP contribution in [0.15, 0.2) is 0 Å². The first-order valence-electron chi connectivity index (χ1n) is 4.96. The number of carbonyl (C=O) groups is 1. The van der Waals surface area contributed by atoms with Crippen molar-refractivity contribution in [2.24, 2.45) is 5.92 Å². The second kappa shape index (κ2) is 3.84. The normalized spacial score (nSPS) is 31.9. The zero-order valence-corrected chi connectivity index (χ0v) is 8.69. The van der Waals surface area contributed by atoms with E-state index in [1.54, 1.807) is 19.0 Å². The number of nitrogens with zero attached hydrogens (tertiary/aromatic N) is 2. The number of likely N-dealkylation sites (tertiary alicyclic amines) is 1. The van der Waals surface area contributed by atoms with Gasteiger partial charge >= 0.3 is 0 Å². The molecule has 0 radical (unpaired) electrons. The molecule has 14 heavy (non-hydrogen) atoms. The molecule has 0 unspecified atom stereocenters. The first kappa shape index (κ1) is 9.89. The molecular formula is C9H17N3O2. The van der Waals surface area contributed by atoms with Gasteiger partial charge in [-0.1, -0.05) is 0 Å². The molecule has 2 saturated heterocycles. The van der Waals surface area contributed by atoms with Crippen molar-refractivity contribution in [1.29, 1.82) is 0 Å². The van der Waals surface area contributed by atoms with Crippen LogP contribution in [-0.4, -0.2) is 62.1 Å². The summed E-state index contributed by atoms with van der Waals surface area (Å²) in [5, 5.41) is 0. The number of rotatable bonds is 2. The van der Waals surface area contributed by atoms with E-state index in [1.807, 2.05) is 0 Å². The van der Waals surface area contributed by atoms with Crippen LogP contribution in [0.4, 0.5) is 0 Å². The predicted octanol–water partition coefficient (Wildman–Crippen LogP) is -1.09. The fraction of sp³-hybridized carbons (Fsp3) is 0.889. The van der Waals surface area contributed by atoms with Crippen LogP contribution >= 0.6 is 0 Å². The van der Waals surface area contributed by atoms with Gasteiger partial charge in [0.2, 0.25) is 5.91 Å². The summed E-state index contributed by atoms with van der Waals surface area (Å²) < 4.78 is 0. The summed E-state index contributed by atoms with van der Waals surface area (Å²) in [7, 11) is 3.58. The molecule has 0 saturated carbocycles. The highest BCUT2D eigenvalue weighted by molar-refractivity contribution is 5.77. The van der Waals surface area contributed by atoms with Crippen molar-refractivity contribution < 1.29 is 9.63 Å². The lowest BCUT2D eigenvalue weighted by Crippen LogP contribution is -2.37. The maximum Gasteiger partial charge on any atom is 0.236 e. The Bertz CT molecular complexity index is 220. The largest absolute Gasteiger partial charge is 0.348 e. The van der Waals surface area contributed by atoms with Gasteiger partial charge in [0.1, 0.15) is 0 Å². The molecule has 2 aliphatic heterocycles. The molecule has 2 atom stereocenters. The number of amides is 1. The molecule has 5 nitrogen and oxygen atoms in total. The second-order valence-corrected chi connectivity index (χ2v) is 4.28. The molecule has 0 aromatic carbocycles. The van der Waals surface area contributed by atoms with Crippen LogP contribution in [0.25, 0.3) is 0 Å². The van der Waals surface area contributed by atoms with Crippen LogP contribution in [0, 0.1) is 5.92 Å². The quantitative estimate of drug-likeness (QED) is 0.614. The van der Waals surface area contributed by atoms with Crippen LogP contribution in [0.3, 0.4) is 0 Å². The van der Waals surface area contributed by atoms with Crippen LogP contribution in [0.5, 0.6) is 0 Å². The minimum atomic E-state index is 0.172.